The van der Waals surface area contributed by atoms with Crippen LogP contribution in [0.5, 0.6) is 0 Å². The number of rotatable bonds is 2. The SMILES string of the molecule is [2H]C(C)(C)c1cc[n+](C)c(-c2c(C)ccc3c2Cc2nc4ccccc4n2-3)c1. The summed E-state index contributed by atoms with van der Waals surface area (Å²) in [7, 11) is 2.08. The summed E-state index contributed by atoms with van der Waals surface area (Å²) in [6.45, 7) is 6.06. The van der Waals surface area contributed by atoms with Gasteiger partial charge in [0.05, 0.1) is 22.3 Å². The third-order valence-corrected chi connectivity index (χ3v) is 5.69. The maximum Gasteiger partial charge on any atom is 0.213 e. The number of benzene rings is 2. The summed E-state index contributed by atoms with van der Waals surface area (Å²) in [5, 5.41) is 0. The molecule has 4 aromatic rings. The van der Waals surface area contributed by atoms with E-state index in [0.717, 1.165) is 34.5 Å². The summed E-state index contributed by atoms with van der Waals surface area (Å²) in [6, 6.07) is 17.0. The predicted octanol–water partition coefficient (Wildman–Crippen LogP) is 4.85. The van der Waals surface area contributed by atoms with E-state index in [9.17, 15) is 0 Å². The molecule has 27 heavy (non-hydrogen) atoms. The smallest absolute Gasteiger partial charge is 0.213 e. The molecule has 0 saturated heterocycles. The van der Waals surface area contributed by atoms with Crippen LogP contribution in [0.3, 0.4) is 0 Å². The topological polar surface area (TPSA) is 21.7 Å². The summed E-state index contributed by atoms with van der Waals surface area (Å²) in [5.74, 6) is 0.473. The van der Waals surface area contributed by atoms with Gasteiger partial charge in [-0.15, -0.1) is 0 Å². The number of aromatic nitrogens is 3. The molecule has 0 fully saturated rings. The van der Waals surface area contributed by atoms with E-state index in [4.69, 9.17) is 6.35 Å². The summed E-state index contributed by atoms with van der Waals surface area (Å²) >= 11 is 0. The van der Waals surface area contributed by atoms with Crippen molar-refractivity contribution >= 4 is 11.0 Å². The Morgan fingerprint density at radius 1 is 1.15 bits per heavy atom. The molecule has 3 nitrogen and oxygen atoms in total. The number of fused-ring (bicyclic) bond motifs is 5. The van der Waals surface area contributed by atoms with Gasteiger partial charge in [-0.25, -0.2) is 9.55 Å². The molecule has 0 N–H and O–H groups in total. The Balaban J connectivity index is 1.77. The average Bonchev–Trinajstić information content (AvgIpc) is 3.17. The fourth-order valence-electron chi connectivity index (χ4n) is 4.25. The van der Waals surface area contributed by atoms with Crippen LogP contribution in [0.1, 0.15) is 43.6 Å². The van der Waals surface area contributed by atoms with Crippen LogP contribution in [0.25, 0.3) is 28.0 Å². The molecule has 1 aliphatic rings. The lowest BCUT2D eigenvalue weighted by Gasteiger charge is -2.13. The monoisotopic (exact) mass is 355 g/mol. The van der Waals surface area contributed by atoms with Crippen molar-refractivity contribution in [2.45, 2.75) is 33.1 Å². The lowest BCUT2D eigenvalue weighted by molar-refractivity contribution is -0.660. The second-order valence-corrected chi connectivity index (χ2v) is 7.70. The van der Waals surface area contributed by atoms with Crippen molar-refractivity contribution in [2.24, 2.45) is 7.05 Å². The van der Waals surface area contributed by atoms with Gasteiger partial charge in [-0.3, -0.25) is 4.57 Å². The number of aryl methyl sites for hydroxylation is 2. The maximum absolute atomic E-state index is 8.46. The molecule has 3 heteroatoms. The van der Waals surface area contributed by atoms with E-state index in [1.54, 1.807) is 0 Å². The number of imidazole rings is 1. The Kier molecular flexibility index (Phi) is 3.24. The van der Waals surface area contributed by atoms with Gasteiger partial charge in [0, 0.05) is 19.9 Å². The van der Waals surface area contributed by atoms with E-state index < -0.39 is 5.89 Å². The Morgan fingerprint density at radius 3 is 2.78 bits per heavy atom. The normalized spacial score (nSPS) is 13.6. The van der Waals surface area contributed by atoms with Crippen molar-refractivity contribution < 1.29 is 5.94 Å². The van der Waals surface area contributed by atoms with Crippen LogP contribution in [0.2, 0.25) is 0 Å². The first-order valence-corrected chi connectivity index (χ1v) is 9.44. The van der Waals surface area contributed by atoms with Crippen molar-refractivity contribution in [2.75, 3.05) is 0 Å². The Hall–Kier alpha value is -2.94. The lowest BCUT2D eigenvalue weighted by atomic mass is 9.93. The van der Waals surface area contributed by atoms with Gasteiger partial charge < -0.3 is 0 Å². The van der Waals surface area contributed by atoms with E-state index in [1.807, 2.05) is 26.0 Å². The standard InChI is InChI=1S/C24H24N3/c1-15(2)17-11-12-26(4)22(13-17)24-16(3)9-10-20-18(24)14-23-25-19-7-5-6-8-21(19)27(20)23/h5-13,15H,14H2,1-4H3/q+1/i15D. The number of hydrogen-bond acceptors (Lipinski definition) is 1. The number of hydrogen-bond donors (Lipinski definition) is 0. The first-order chi connectivity index (χ1) is 13.3. The molecule has 0 radical (unpaired) electrons. The van der Waals surface area contributed by atoms with Crippen LogP contribution in [0, 0.1) is 6.92 Å². The average molecular weight is 355 g/mol. The van der Waals surface area contributed by atoms with Gasteiger partial charge in [-0.05, 0) is 47.7 Å². The van der Waals surface area contributed by atoms with Crippen LogP contribution in [-0.2, 0) is 13.5 Å². The van der Waals surface area contributed by atoms with Gasteiger partial charge in [0.1, 0.15) is 12.9 Å². The first kappa shape index (κ1) is 15.2. The van der Waals surface area contributed by atoms with Gasteiger partial charge in [0.15, 0.2) is 6.20 Å². The molecule has 0 saturated carbocycles. The fraction of sp³-hybridized carbons (Fsp3) is 0.250. The molecule has 5 rings (SSSR count). The molecule has 0 unspecified atom stereocenters. The molecule has 2 aromatic carbocycles. The number of pyridine rings is 1. The fourth-order valence-corrected chi connectivity index (χ4v) is 4.25. The minimum Gasteiger partial charge on any atom is -0.296 e. The molecule has 134 valence electrons. The van der Waals surface area contributed by atoms with Crippen LogP contribution in [-0.4, -0.2) is 9.55 Å². The quantitative estimate of drug-likeness (QED) is 0.415. The number of nitrogens with zero attached hydrogens (tertiary/aromatic N) is 3. The largest absolute Gasteiger partial charge is 0.296 e. The zero-order valence-electron chi connectivity index (χ0n) is 17.2. The highest BCUT2D eigenvalue weighted by atomic mass is 15.1. The van der Waals surface area contributed by atoms with Crippen LogP contribution in [0.15, 0.2) is 54.7 Å². The molecule has 0 atom stereocenters. The molecule has 1 aliphatic heterocycles. The highest BCUT2D eigenvalue weighted by Gasteiger charge is 2.29. The number of para-hydroxylation sites is 2. The highest BCUT2D eigenvalue weighted by Crippen LogP contribution is 2.39. The molecule has 0 spiro atoms. The summed E-state index contributed by atoms with van der Waals surface area (Å²) in [5.41, 5.74) is 9.46. The van der Waals surface area contributed by atoms with E-state index in [0.29, 0.717) is 0 Å². The zero-order valence-corrected chi connectivity index (χ0v) is 16.2. The van der Waals surface area contributed by atoms with Crippen LogP contribution < -0.4 is 4.57 Å². The summed E-state index contributed by atoms with van der Waals surface area (Å²) < 4.78 is 12.9. The molecule has 2 aromatic heterocycles. The van der Waals surface area contributed by atoms with Crippen LogP contribution >= 0.6 is 0 Å². The summed E-state index contributed by atoms with van der Waals surface area (Å²) in [4.78, 5) is 4.88. The van der Waals surface area contributed by atoms with Crippen molar-refractivity contribution in [1.82, 2.24) is 9.55 Å². The molecule has 0 amide bonds. The Bertz CT molecular complexity index is 1240. The van der Waals surface area contributed by atoms with Gasteiger partial charge >= 0.3 is 0 Å². The van der Waals surface area contributed by atoms with E-state index >= 15 is 0 Å². The van der Waals surface area contributed by atoms with E-state index in [2.05, 4.69) is 65.7 Å². The zero-order chi connectivity index (χ0) is 19.6. The van der Waals surface area contributed by atoms with Gasteiger partial charge in [0.25, 0.3) is 0 Å². The minimum absolute atomic E-state index is 0.627. The highest BCUT2D eigenvalue weighted by molar-refractivity contribution is 5.83. The first-order valence-electron chi connectivity index (χ1n) is 9.94. The predicted molar refractivity (Wildman–Crippen MR) is 109 cm³/mol. The second kappa shape index (κ2) is 5.78. The maximum atomic E-state index is 8.46. The summed E-state index contributed by atoms with van der Waals surface area (Å²) in [6.07, 6.45) is 2.90. The molecule has 3 heterocycles. The van der Waals surface area contributed by atoms with Gasteiger partial charge in [-0.1, -0.05) is 32.0 Å². The van der Waals surface area contributed by atoms with Gasteiger partial charge in [0.2, 0.25) is 5.69 Å². The van der Waals surface area contributed by atoms with Crippen molar-refractivity contribution in [1.29, 1.82) is 0 Å². The Labute approximate surface area is 161 Å². The minimum atomic E-state index is -0.627. The molecular weight excluding hydrogens is 330 g/mol. The van der Waals surface area contributed by atoms with Crippen molar-refractivity contribution in [3.05, 3.63) is 77.2 Å². The van der Waals surface area contributed by atoms with E-state index in [1.165, 1.54) is 22.4 Å². The second-order valence-electron chi connectivity index (χ2n) is 7.70. The van der Waals surface area contributed by atoms with Crippen molar-refractivity contribution in [3.8, 4) is 16.9 Å². The lowest BCUT2D eigenvalue weighted by Crippen LogP contribution is -2.31. The Morgan fingerprint density at radius 2 is 1.96 bits per heavy atom. The third-order valence-electron chi connectivity index (χ3n) is 5.69. The van der Waals surface area contributed by atoms with Crippen LogP contribution in [0.4, 0.5) is 0 Å². The third kappa shape index (κ3) is 2.34. The van der Waals surface area contributed by atoms with E-state index in [-0.39, 0.29) is 0 Å². The molecule has 0 aliphatic carbocycles. The van der Waals surface area contributed by atoms with Crippen molar-refractivity contribution in [3.63, 3.8) is 0 Å². The molecular formula is C24H24N3+. The van der Waals surface area contributed by atoms with Gasteiger partial charge in [-0.2, -0.15) is 0 Å². The molecule has 0 bridgehead atoms.